The summed E-state index contributed by atoms with van der Waals surface area (Å²) in [6.07, 6.45) is 1.32. The molecule has 110 valence electrons. The van der Waals surface area contributed by atoms with Gasteiger partial charge in [-0.05, 0) is 23.5 Å². The van der Waals surface area contributed by atoms with Crippen LogP contribution in [0.2, 0.25) is 0 Å². The van der Waals surface area contributed by atoms with Gasteiger partial charge in [-0.15, -0.1) is 0 Å². The number of amides is 2. The third-order valence-electron chi connectivity index (χ3n) is 3.29. The Balaban J connectivity index is 2.48. The van der Waals surface area contributed by atoms with Gasteiger partial charge in [-0.2, -0.15) is 0 Å². The van der Waals surface area contributed by atoms with E-state index >= 15 is 0 Å². The highest BCUT2D eigenvalue weighted by Crippen LogP contribution is 2.24. The van der Waals surface area contributed by atoms with Gasteiger partial charge in [0.05, 0.1) is 11.9 Å². The summed E-state index contributed by atoms with van der Waals surface area (Å²) in [5.41, 5.74) is 0.519. The molecule has 0 spiro atoms. The third kappa shape index (κ3) is 4.87. The van der Waals surface area contributed by atoms with E-state index in [-0.39, 0.29) is 17.1 Å². The molecule has 1 aromatic rings. The number of pyridine rings is 1. The molecule has 1 unspecified atom stereocenters. The zero-order valence-electron chi connectivity index (χ0n) is 12.2. The number of hydrogen-bond acceptors (Lipinski definition) is 3. The Hall–Kier alpha value is -2.11. The lowest BCUT2D eigenvalue weighted by atomic mass is 9.82. The Labute approximate surface area is 118 Å². The van der Waals surface area contributed by atoms with Crippen molar-refractivity contribution in [3.63, 3.8) is 0 Å². The molecule has 6 nitrogen and oxygen atoms in total. The molecule has 0 aliphatic heterocycles. The molecule has 0 bridgehead atoms. The Morgan fingerprint density at radius 2 is 2.00 bits per heavy atom. The summed E-state index contributed by atoms with van der Waals surface area (Å²) >= 11 is 0. The molecule has 0 aromatic carbocycles. The first-order valence-corrected chi connectivity index (χ1v) is 6.44. The van der Waals surface area contributed by atoms with Gasteiger partial charge in [0.1, 0.15) is 5.69 Å². The van der Waals surface area contributed by atoms with Crippen molar-refractivity contribution in [1.29, 1.82) is 0 Å². The van der Waals surface area contributed by atoms with E-state index in [1.54, 1.807) is 0 Å². The smallest absolute Gasteiger partial charge is 0.354 e. The lowest BCUT2D eigenvalue weighted by Gasteiger charge is -2.27. The number of carbonyl (C=O) groups is 2. The van der Waals surface area contributed by atoms with Crippen LogP contribution >= 0.6 is 0 Å². The molecular weight excluding hydrogens is 258 g/mol. The molecule has 0 fully saturated rings. The summed E-state index contributed by atoms with van der Waals surface area (Å²) in [4.78, 5) is 26.1. The number of rotatable bonds is 4. The monoisotopic (exact) mass is 279 g/mol. The first kappa shape index (κ1) is 15.9. The van der Waals surface area contributed by atoms with Gasteiger partial charge in [0.2, 0.25) is 0 Å². The fourth-order valence-corrected chi connectivity index (χ4v) is 1.32. The number of nitrogens with one attached hydrogen (secondary N) is 2. The van der Waals surface area contributed by atoms with E-state index in [4.69, 9.17) is 5.11 Å². The molecular formula is C14H21N3O3. The zero-order chi connectivity index (χ0) is 15.3. The lowest BCUT2D eigenvalue weighted by Crippen LogP contribution is -2.36. The molecule has 20 heavy (non-hydrogen) atoms. The summed E-state index contributed by atoms with van der Waals surface area (Å²) in [5.74, 6) is -0.763. The minimum atomic E-state index is -1.10. The number of carboxylic acid groups (broad SMARTS) is 1. The van der Waals surface area contributed by atoms with Crippen LogP contribution in [0, 0.1) is 11.3 Å². The van der Waals surface area contributed by atoms with Crippen molar-refractivity contribution in [2.75, 3.05) is 11.9 Å². The molecule has 1 atom stereocenters. The molecule has 0 aliphatic rings. The third-order valence-corrected chi connectivity index (χ3v) is 3.29. The summed E-state index contributed by atoms with van der Waals surface area (Å²) in [6.45, 7) is 8.99. The highest BCUT2D eigenvalue weighted by atomic mass is 16.4. The van der Waals surface area contributed by atoms with E-state index < -0.39 is 5.97 Å². The van der Waals surface area contributed by atoms with Gasteiger partial charge < -0.3 is 15.7 Å². The van der Waals surface area contributed by atoms with Crippen LogP contribution in [0.4, 0.5) is 10.5 Å². The van der Waals surface area contributed by atoms with Crippen LogP contribution in [0.3, 0.4) is 0 Å². The van der Waals surface area contributed by atoms with Gasteiger partial charge in [-0.25, -0.2) is 14.6 Å². The number of urea groups is 1. The fraction of sp³-hybridized carbons (Fsp3) is 0.500. The number of aromatic nitrogens is 1. The quantitative estimate of drug-likeness (QED) is 0.790. The highest BCUT2D eigenvalue weighted by Gasteiger charge is 2.20. The summed E-state index contributed by atoms with van der Waals surface area (Å²) in [6, 6.07) is 2.52. The SMILES string of the molecule is CC(CNC(=O)Nc1ccc(C(=O)O)nc1)C(C)(C)C. The van der Waals surface area contributed by atoms with E-state index in [9.17, 15) is 9.59 Å². The summed E-state index contributed by atoms with van der Waals surface area (Å²) in [7, 11) is 0. The van der Waals surface area contributed by atoms with Gasteiger partial charge in [0.15, 0.2) is 0 Å². The van der Waals surface area contributed by atoms with Crippen molar-refractivity contribution in [2.24, 2.45) is 11.3 Å². The molecule has 3 N–H and O–H groups in total. The van der Waals surface area contributed by atoms with Crippen molar-refractivity contribution < 1.29 is 14.7 Å². The number of anilines is 1. The number of nitrogens with zero attached hydrogens (tertiary/aromatic N) is 1. The fourth-order valence-electron chi connectivity index (χ4n) is 1.32. The second-order valence-corrected chi connectivity index (χ2v) is 5.84. The summed E-state index contributed by atoms with van der Waals surface area (Å²) < 4.78 is 0. The molecule has 2 amide bonds. The van der Waals surface area contributed by atoms with Gasteiger partial charge in [0, 0.05) is 6.54 Å². The van der Waals surface area contributed by atoms with Gasteiger partial charge in [-0.3, -0.25) is 0 Å². The average Bonchev–Trinajstić information content (AvgIpc) is 2.35. The van der Waals surface area contributed by atoms with Crippen LogP contribution in [0.5, 0.6) is 0 Å². The number of hydrogen-bond donors (Lipinski definition) is 3. The van der Waals surface area contributed by atoms with Crippen LogP contribution < -0.4 is 10.6 Å². The normalized spacial score (nSPS) is 12.6. The Bertz CT molecular complexity index is 477. The first-order chi connectivity index (χ1) is 9.20. The second-order valence-electron chi connectivity index (χ2n) is 5.84. The van der Waals surface area contributed by atoms with Gasteiger partial charge >= 0.3 is 12.0 Å². The molecule has 0 aliphatic carbocycles. The van der Waals surface area contributed by atoms with Crippen molar-refractivity contribution in [3.05, 3.63) is 24.0 Å². The minimum absolute atomic E-state index is 0.0580. The Morgan fingerprint density at radius 1 is 1.35 bits per heavy atom. The molecule has 1 aromatic heterocycles. The maximum absolute atomic E-state index is 11.7. The van der Waals surface area contributed by atoms with Crippen LogP contribution in [0.25, 0.3) is 0 Å². The molecule has 0 saturated carbocycles. The van der Waals surface area contributed by atoms with Crippen molar-refractivity contribution in [3.8, 4) is 0 Å². The topological polar surface area (TPSA) is 91.3 Å². The van der Waals surface area contributed by atoms with Crippen molar-refractivity contribution >= 4 is 17.7 Å². The van der Waals surface area contributed by atoms with E-state index in [1.165, 1.54) is 18.3 Å². The maximum atomic E-state index is 11.7. The van der Waals surface area contributed by atoms with Crippen molar-refractivity contribution in [2.45, 2.75) is 27.7 Å². The highest BCUT2D eigenvalue weighted by molar-refractivity contribution is 5.90. The molecule has 0 radical (unpaired) electrons. The molecule has 1 heterocycles. The number of aromatic carboxylic acids is 1. The maximum Gasteiger partial charge on any atom is 0.354 e. The van der Waals surface area contributed by atoms with Gasteiger partial charge in [0.25, 0.3) is 0 Å². The van der Waals surface area contributed by atoms with Crippen molar-refractivity contribution in [1.82, 2.24) is 10.3 Å². The number of carbonyl (C=O) groups excluding carboxylic acids is 1. The van der Waals surface area contributed by atoms with Gasteiger partial charge in [-0.1, -0.05) is 27.7 Å². The largest absolute Gasteiger partial charge is 0.477 e. The minimum Gasteiger partial charge on any atom is -0.477 e. The Kier molecular flexibility index (Phi) is 5.07. The standard InChI is InChI=1S/C14H21N3O3/c1-9(14(2,3)4)7-16-13(20)17-10-5-6-11(12(18)19)15-8-10/h5-6,8-9H,7H2,1-4H3,(H,18,19)(H2,16,17,20). The average molecular weight is 279 g/mol. The van der Waals surface area contributed by atoms with Crippen LogP contribution in [0.1, 0.15) is 38.2 Å². The lowest BCUT2D eigenvalue weighted by molar-refractivity contribution is 0.0690. The van der Waals surface area contributed by atoms with E-state index in [2.05, 4.69) is 43.3 Å². The first-order valence-electron chi connectivity index (χ1n) is 6.44. The van der Waals surface area contributed by atoms with E-state index in [0.717, 1.165) is 0 Å². The zero-order valence-corrected chi connectivity index (χ0v) is 12.2. The van der Waals surface area contributed by atoms with Crippen LogP contribution in [-0.2, 0) is 0 Å². The summed E-state index contributed by atoms with van der Waals surface area (Å²) in [5, 5.41) is 14.1. The molecule has 6 heteroatoms. The number of carboxylic acids is 1. The van der Waals surface area contributed by atoms with Crippen LogP contribution in [-0.4, -0.2) is 28.6 Å². The second kappa shape index (κ2) is 6.36. The van der Waals surface area contributed by atoms with E-state index in [1.807, 2.05) is 0 Å². The molecule has 0 saturated heterocycles. The predicted octanol–water partition coefficient (Wildman–Crippen LogP) is 2.58. The van der Waals surface area contributed by atoms with Crippen LogP contribution in [0.15, 0.2) is 18.3 Å². The predicted molar refractivity (Wildman–Crippen MR) is 76.8 cm³/mol. The molecule has 1 rings (SSSR count). The Morgan fingerprint density at radius 3 is 2.45 bits per heavy atom. The van der Waals surface area contributed by atoms with E-state index in [0.29, 0.717) is 18.2 Å².